The predicted molar refractivity (Wildman–Crippen MR) is 89.1 cm³/mol. The van der Waals surface area contributed by atoms with E-state index < -0.39 is 0 Å². The minimum atomic E-state index is 0.770. The van der Waals surface area contributed by atoms with Crippen LogP contribution in [0, 0.1) is 17.2 Å². The average molecular weight is 281 g/mol. The maximum Gasteiger partial charge on any atom is 0.0908 e. The minimum absolute atomic E-state index is 0.770. The molecule has 2 rings (SSSR count). The Bertz CT molecular complexity index is 470. The lowest BCUT2D eigenvalue weighted by molar-refractivity contribution is 0.312. The zero-order valence-electron chi connectivity index (χ0n) is 13.2. The summed E-state index contributed by atoms with van der Waals surface area (Å²) in [5.74, 6) is 1.63. The van der Waals surface area contributed by atoms with Gasteiger partial charge in [0.15, 0.2) is 0 Å². The Balaban J connectivity index is 1.78. The fourth-order valence-corrected chi connectivity index (χ4v) is 3.50. The van der Waals surface area contributed by atoms with E-state index in [4.69, 9.17) is 5.26 Å². The number of allylic oxidation sites excluding steroid dienone is 2. The maximum atomic E-state index is 8.48. The van der Waals surface area contributed by atoms with Crippen molar-refractivity contribution >= 4 is 0 Å². The van der Waals surface area contributed by atoms with Crippen molar-refractivity contribution in [1.82, 2.24) is 0 Å². The molecule has 0 aromatic heterocycles. The van der Waals surface area contributed by atoms with Crippen molar-refractivity contribution in [2.24, 2.45) is 5.92 Å². The summed E-state index contributed by atoms with van der Waals surface area (Å²) in [7, 11) is 0. The summed E-state index contributed by atoms with van der Waals surface area (Å²) in [6.07, 6.45) is 13.7. The second-order valence-electron chi connectivity index (χ2n) is 6.32. The van der Waals surface area contributed by atoms with Crippen LogP contribution in [0.1, 0.15) is 68.9 Å². The van der Waals surface area contributed by atoms with Crippen LogP contribution in [0.5, 0.6) is 0 Å². The molecule has 0 spiro atoms. The van der Waals surface area contributed by atoms with Crippen molar-refractivity contribution in [2.45, 2.75) is 64.2 Å². The first-order valence-corrected chi connectivity index (χ1v) is 8.47. The van der Waals surface area contributed by atoms with Gasteiger partial charge in [-0.3, -0.25) is 0 Å². The number of rotatable bonds is 6. The van der Waals surface area contributed by atoms with E-state index in [2.05, 4.69) is 37.3 Å². The zero-order valence-corrected chi connectivity index (χ0v) is 13.2. The molecule has 0 saturated heterocycles. The van der Waals surface area contributed by atoms with Crippen LogP contribution in [0.25, 0.3) is 0 Å². The predicted octanol–water partition coefficient (Wildman–Crippen LogP) is 5.77. The molecule has 1 aliphatic carbocycles. The van der Waals surface area contributed by atoms with Crippen molar-refractivity contribution in [3.05, 3.63) is 47.5 Å². The molecule has 1 aromatic rings. The van der Waals surface area contributed by atoms with E-state index in [1.165, 1.54) is 56.1 Å². The quantitative estimate of drug-likeness (QED) is 0.607. The second kappa shape index (κ2) is 8.67. The highest BCUT2D eigenvalue weighted by Crippen LogP contribution is 2.37. The first-order valence-electron chi connectivity index (χ1n) is 8.47. The van der Waals surface area contributed by atoms with Gasteiger partial charge in [0.25, 0.3) is 0 Å². The van der Waals surface area contributed by atoms with E-state index in [1.54, 1.807) is 6.08 Å². The van der Waals surface area contributed by atoms with Crippen LogP contribution in [-0.2, 0) is 6.42 Å². The molecule has 0 atom stereocenters. The summed E-state index contributed by atoms with van der Waals surface area (Å²) in [4.78, 5) is 0. The standard InChI is InChI=1S/C20H27N/c1-2-6-17-8-12-19(13-9-17)20-14-10-18(11-15-20)7-4-3-5-16-21/h3,5,8-9,12-13,18,20H,2,4,6-7,10-11,14-15H2,1H3/b5-3+/t18-,20-. The lowest BCUT2D eigenvalue weighted by atomic mass is 9.77. The summed E-state index contributed by atoms with van der Waals surface area (Å²) in [5.41, 5.74) is 3.01. The smallest absolute Gasteiger partial charge is 0.0908 e. The molecule has 21 heavy (non-hydrogen) atoms. The summed E-state index contributed by atoms with van der Waals surface area (Å²) in [6, 6.07) is 11.4. The van der Waals surface area contributed by atoms with Crippen molar-refractivity contribution < 1.29 is 0 Å². The Morgan fingerprint density at radius 3 is 2.48 bits per heavy atom. The number of aryl methyl sites for hydroxylation is 1. The van der Waals surface area contributed by atoms with Crippen LogP contribution >= 0.6 is 0 Å². The Labute approximate surface area is 129 Å². The van der Waals surface area contributed by atoms with E-state index >= 15 is 0 Å². The maximum absolute atomic E-state index is 8.48. The van der Waals surface area contributed by atoms with Crippen molar-refractivity contribution in [1.29, 1.82) is 5.26 Å². The highest BCUT2D eigenvalue weighted by molar-refractivity contribution is 5.25. The fraction of sp³-hybridized carbons (Fsp3) is 0.550. The van der Waals surface area contributed by atoms with Crippen molar-refractivity contribution in [3.63, 3.8) is 0 Å². The molecule has 0 bridgehead atoms. The van der Waals surface area contributed by atoms with Gasteiger partial charge in [0.1, 0.15) is 0 Å². The Hall–Kier alpha value is -1.55. The third-order valence-corrected chi connectivity index (χ3v) is 4.77. The van der Waals surface area contributed by atoms with E-state index in [9.17, 15) is 0 Å². The van der Waals surface area contributed by atoms with Crippen LogP contribution in [0.15, 0.2) is 36.4 Å². The normalized spacial score (nSPS) is 22.3. The van der Waals surface area contributed by atoms with Gasteiger partial charge in [-0.05, 0) is 67.9 Å². The van der Waals surface area contributed by atoms with Crippen molar-refractivity contribution in [3.8, 4) is 6.07 Å². The van der Waals surface area contributed by atoms with Gasteiger partial charge in [0, 0.05) is 6.08 Å². The highest BCUT2D eigenvalue weighted by Gasteiger charge is 2.21. The summed E-state index contributed by atoms with van der Waals surface area (Å²) >= 11 is 0. The van der Waals surface area contributed by atoms with Gasteiger partial charge in [-0.2, -0.15) is 5.26 Å². The van der Waals surface area contributed by atoms with Crippen molar-refractivity contribution in [2.75, 3.05) is 0 Å². The molecule has 1 fully saturated rings. The molecule has 1 aromatic carbocycles. The van der Waals surface area contributed by atoms with Gasteiger partial charge in [-0.15, -0.1) is 0 Å². The van der Waals surface area contributed by atoms with Gasteiger partial charge in [-0.1, -0.05) is 43.7 Å². The highest BCUT2D eigenvalue weighted by atomic mass is 14.3. The topological polar surface area (TPSA) is 23.8 Å². The van der Waals surface area contributed by atoms with Crippen LogP contribution in [0.4, 0.5) is 0 Å². The van der Waals surface area contributed by atoms with E-state index in [1.807, 2.05) is 6.08 Å². The number of nitrogens with zero attached hydrogens (tertiary/aromatic N) is 1. The Kier molecular flexibility index (Phi) is 6.54. The lowest BCUT2D eigenvalue weighted by Gasteiger charge is -2.28. The van der Waals surface area contributed by atoms with Gasteiger partial charge in [-0.25, -0.2) is 0 Å². The van der Waals surface area contributed by atoms with Crippen LogP contribution in [0.2, 0.25) is 0 Å². The second-order valence-corrected chi connectivity index (χ2v) is 6.32. The number of benzene rings is 1. The number of nitriles is 1. The third-order valence-electron chi connectivity index (χ3n) is 4.77. The van der Waals surface area contributed by atoms with Crippen LogP contribution < -0.4 is 0 Å². The average Bonchev–Trinajstić information content (AvgIpc) is 2.53. The van der Waals surface area contributed by atoms with Gasteiger partial charge >= 0.3 is 0 Å². The molecule has 0 unspecified atom stereocenters. The van der Waals surface area contributed by atoms with E-state index in [-0.39, 0.29) is 0 Å². The molecule has 112 valence electrons. The summed E-state index contributed by atoms with van der Waals surface area (Å²) < 4.78 is 0. The van der Waals surface area contributed by atoms with Gasteiger partial charge in [0.05, 0.1) is 6.07 Å². The Morgan fingerprint density at radius 1 is 1.14 bits per heavy atom. The monoisotopic (exact) mass is 281 g/mol. The molecule has 0 amide bonds. The largest absolute Gasteiger partial charge is 0.193 e. The van der Waals surface area contributed by atoms with Crippen LogP contribution in [0.3, 0.4) is 0 Å². The zero-order chi connectivity index (χ0) is 14.9. The molecular formula is C20H27N. The molecule has 1 heteroatoms. The molecular weight excluding hydrogens is 254 g/mol. The first-order chi connectivity index (χ1) is 10.3. The molecule has 1 nitrogen and oxygen atoms in total. The SMILES string of the molecule is CCCc1ccc([C@H]2CC[C@H](CC/C=C/C#N)CC2)cc1. The molecule has 0 aliphatic heterocycles. The summed E-state index contributed by atoms with van der Waals surface area (Å²) in [6.45, 7) is 2.24. The van der Waals surface area contributed by atoms with Gasteiger partial charge in [0.2, 0.25) is 0 Å². The number of hydrogen-bond donors (Lipinski definition) is 0. The van der Waals surface area contributed by atoms with E-state index in [0.717, 1.165) is 18.3 Å². The molecule has 0 radical (unpaired) electrons. The molecule has 1 saturated carbocycles. The lowest BCUT2D eigenvalue weighted by Crippen LogP contribution is -2.13. The minimum Gasteiger partial charge on any atom is -0.193 e. The third kappa shape index (κ3) is 5.05. The van der Waals surface area contributed by atoms with E-state index in [0.29, 0.717) is 0 Å². The molecule has 1 aliphatic rings. The number of hydrogen-bond acceptors (Lipinski definition) is 1. The molecule has 0 N–H and O–H groups in total. The molecule has 0 heterocycles. The van der Waals surface area contributed by atoms with Gasteiger partial charge < -0.3 is 0 Å². The Morgan fingerprint density at radius 2 is 1.86 bits per heavy atom. The van der Waals surface area contributed by atoms with Crippen LogP contribution in [-0.4, -0.2) is 0 Å². The first kappa shape index (κ1) is 15.8. The fourth-order valence-electron chi connectivity index (χ4n) is 3.50. The summed E-state index contributed by atoms with van der Waals surface area (Å²) in [5, 5.41) is 8.48.